The van der Waals surface area contributed by atoms with E-state index in [2.05, 4.69) is 23.5 Å². The first-order valence-corrected chi connectivity index (χ1v) is 6.73. The predicted molar refractivity (Wildman–Crippen MR) is 60.6 cm³/mol. The van der Waals surface area contributed by atoms with Crippen molar-refractivity contribution in [3.8, 4) is 0 Å². The van der Waals surface area contributed by atoms with Crippen molar-refractivity contribution in [3.05, 3.63) is 35.9 Å². The molecule has 1 heterocycles. The molecule has 0 unspecified atom stereocenters. The van der Waals surface area contributed by atoms with Gasteiger partial charge in [0.1, 0.15) is 0 Å². The van der Waals surface area contributed by atoms with Crippen molar-refractivity contribution in [2.45, 2.75) is 5.75 Å². The third kappa shape index (κ3) is 2.75. The SMILES string of the molecule is [c]1ccc(C[SH]2CCNCC2)cc1. The van der Waals surface area contributed by atoms with Gasteiger partial charge in [-0.2, -0.15) is 0 Å². The Hall–Kier alpha value is -0.470. The lowest BCUT2D eigenvalue weighted by Gasteiger charge is -2.26. The number of rotatable bonds is 2. The first-order valence-electron chi connectivity index (χ1n) is 4.83. The molecule has 2 rings (SSSR count). The van der Waals surface area contributed by atoms with Gasteiger partial charge < -0.3 is 5.32 Å². The van der Waals surface area contributed by atoms with Gasteiger partial charge in [0.15, 0.2) is 0 Å². The van der Waals surface area contributed by atoms with Crippen LogP contribution in [0.3, 0.4) is 0 Å². The third-order valence-electron chi connectivity index (χ3n) is 2.40. The molecular weight excluding hydrogens is 178 g/mol. The monoisotopic (exact) mass is 194 g/mol. The highest BCUT2D eigenvalue weighted by Gasteiger charge is 2.08. The molecule has 1 aliphatic heterocycles. The summed E-state index contributed by atoms with van der Waals surface area (Å²) >= 11 is 0. The minimum Gasteiger partial charge on any atom is -0.315 e. The van der Waals surface area contributed by atoms with Crippen LogP contribution in [0.2, 0.25) is 0 Å². The average Bonchev–Trinajstić information content (AvgIpc) is 2.21. The van der Waals surface area contributed by atoms with Gasteiger partial charge in [-0.15, -0.1) is 0 Å². The van der Waals surface area contributed by atoms with Gasteiger partial charge in [-0.1, -0.05) is 24.3 Å². The lowest BCUT2D eigenvalue weighted by molar-refractivity contribution is 0.751. The normalized spacial score (nSPS) is 20.2. The molecule has 1 saturated heterocycles. The second-order valence-electron chi connectivity index (χ2n) is 3.43. The van der Waals surface area contributed by atoms with Crippen LogP contribution >= 0.6 is 10.9 Å². The Morgan fingerprint density at radius 1 is 1.23 bits per heavy atom. The van der Waals surface area contributed by atoms with E-state index in [1.807, 2.05) is 12.1 Å². The molecule has 1 aliphatic rings. The lowest BCUT2D eigenvalue weighted by atomic mass is 10.2. The van der Waals surface area contributed by atoms with E-state index >= 15 is 0 Å². The summed E-state index contributed by atoms with van der Waals surface area (Å²) in [7, 11) is 0.276. The second-order valence-corrected chi connectivity index (χ2v) is 5.99. The molecule has 13 heavy (non-hydrogen) atoms. The third-order valence-corrected chi connectivity index (χ3v) is 4.93. The zero-order valence-corrected chi connectivity index (χ0v) is 8.69. The first kappa shape index (κ1) is 9.10. The van der Waals surface area contributed by atoms with Crippen LogP contribution in [0.25, 0.3) is 0 Å². The Bertz CT molecular complexity index is 242. The highest BCUT2D eigenvalue weighted by Crippen LogP contribution is 2.30. The predicted octanol–water partition coefficient (Wildman–Crippen LogP) is 1.59. The van der Waals surface area contributed by atoms with Gasteiger partial charge >= 0.3 is 0 Å². The molecule has 0 spiro atoms. The average molecular weight is 194 g/mol. The largest absolute Gasteiger partial charge is 0.315 e. The molecular formula is C11H16NS. The standard InChI is InChI=1S/C11H16NS/c1-2-4-11(5-3-1)10-13-8-6-12-7-9-13/h2-5,12-13H,6-10H2. The van der Waals surface area contributed by atoms with Crippen molar-refractivity contribution in [2.75, 3.05) is 24.6 Å². The van der Waals surface area contributed by atoms with Crippen LogP contribution in [-0.2, 0) is 5.75 Å². The molecule has 1 radical (unpaired) electrons. The topological polar surface area (TPSA) is 12.0 Å². The summed E-state index contributed by atoms with van der Waals surface area (Å²) in [5.74, 6) is 4.10. The molecule has 2 heteroatoms. The van der Waals surface area contributed by atoms with Crippen molar-refractivity contribution < 1.29 is 0 Å². The molecule has 0 aliphatic carbocycles. The highest BCUT2D eigenvalue weighted by atomic mass is 32.2. The Balaban J connectivity index is 1.90. The van der Waals surface area contributed by atoms with E-state index in [9.17, 15) is 0 Å². The van der Waals surface area contributed by atoms with Gasteiger partial charge in [0, 0.05) is 18.8 Å². The van der Waals surface area contributed by atoms with Gasteiger partial charge in [-0.3, -0.25) is 0 Å². The Morgan fingerprint density at radius 3 is 2.62 bits per heavy atom. The summed E-state index contributed by atoms with van der Waals surface area (Å²) < 4.78 is 0. The van der Waals surface area contributed by atoms with Crippen molar-refractivity contribution >= 4 is 10.9 Å². The van der Waals surface area contributed by atoms with E-state index in [0.29, 0.717) is 0 Å². The van der Waals surface area contributed by atoms with Crippen LogP contribution in [0, 0.1) is 6.07 Å². The molecule has 1 fully saturated rings. The molecule has 1 N–H and O–H groups in total. The Labute approximate surface area is 82.9 Å². The van der Waals surface area contributed by atoms with Gasteiger partial charge in [0.05, 0.1) is 0 Å². The van der Waals surface area contributed by atoms with Crippen LogP contribution in [0.4, 0.5) is 0 Å². The Kier molecular flexibility index (Phi) is 3.27. The van der Waals surface area contributed by atoms with E-state index in [1.165, 1.54) is 35.9 Å². The summed E-state index contributed by atoms with van der Waals surface area (Å²) in [6.45, 7) is 2.45. The zero-order chi connectivity index (χ0) is 8.93. The summed E-state index contributed by atoms with van der Waals surface area (Å²) in [5.41, 5.74) is 1.49. The summed E-state index contributed by atoms with van der Waals surface area (Å²) in [6.07, 6.45) is 0. The van der Waals surface area contributed by atoms with E-state index in [-0.39, 0.29) is 10.9 Å². The Morgan fingerprint density at radius 2 is 1.92 bits per heavy atom. The molecule has 1 aromatic rings. The minimum atomic E-state index is 0.276. The van der Waals surface area contributed by atoms with Gasteiger partial charge in [-0.25, -0.2) is 10.9 Å². The number of benzene rings is 1. The van der Waals surface area contributed by atoms with Crippen LogP contribution < -0.4 is 5.32 Å². The van der Waals surface area contributed by atoms with Gasteiger partial charge in [-0.05, 0) is 23.1 Å². The molecule has 1 aromatic carbocycles. The molecule has 0 bridgehead atoms. The maximum atomic E-state index is 3.41. The quantitative estimate of drug-likeness (QED) is 0.681. The fraction of sp³-hybridized carbons (Fsp3) is 0.455. The van der Waals surface area contributed by atoms with Gasteiger partial charge in [0.2, 0.25) is 0 Å². The molecule has 71 valence electrons. The van der Waals surface area contributed by atoms with Gasteiger partial charge in [0.25, 0.3) is 0 Å². The molecule has 0 aromatic heterocycles. The smallest absolute Gasteiger partial charge is 0.00258 e. The summed E-state index contributed by atoms with van der Waals surface area (Å²) in [5, 5.41) is 3.41. The minimum absolute atomic E-state index is 0.276. The zero-order valence-electron chi connectivity index (χ0n) is 7.79. The van der Waals surface area contributed by atoms with Crippen LogP contribution in [0.1, 0.15) is 5.56 Å². The van der Waals surface area contributed by atoms with Crippen LogP contribution in [-0.4, -0.2) is 24.6 Å². The lowest BCUT2D eigenvalue weighted by Crippen LogP contribution is -2.29. The van der Waals surface area contributed by atoms with E-state index in [1.54, 1.807) is 0 Å². The van der Waals surface area contributed by atoms with Crippen LogP contribution in [0.5, 0.6) is 0 Å². The van der Waals surface area contributed by atoms with Crippen LogP contribution in [0.15, 0.2) is 24.3 Å². The first-order chi connectivity index (χ1) is 6.45. The maximum Gasteiger partial charge on any atom is 0.00258 e. The maximum absolute atomic E-state index is 3.41. The molecule has 0 atom stereocenters. The highest BCUT2D eigenvalue weighted by molar-refractivity contribution is 8.16. The van der Waals surface area contributed by atoms with Crippen molar-refractivity contribution in [1.29, 1.82) is 0 Å². The summed E-state index contributed by atoms with van der Waals surface area (Å²) in [4.78, 5) is 0. The van der Waals surface area contributed by atoms with Crippen molar-refractivity contribution in [2.24, 2.45) is 0 Å². The number of nitrogens with one attached hydrogen (secondary N) is 1. The fourth-order valence-electron chi connectivity index (χ4n) is 1.65. The molecule has 1 nitrogen and oxygen atoms in total. The number of hydrogen-bond acceptors (Lipinski definition) is 1. The molecule has 0 saturated carbocycles. The summed E-state index contributed by atoms with van der Waals surface area (Å²) in [6, 6.07) is 11.5. The fourth-order valence-corrected chi connectivity index (χ4v) is 3.87. The van der Waals surface area contributed by atoms with E-state index < -0.39 is 0 Å². The second kappa shape index (κ2) is 4.68. The van der Waals surface area contributed by atoms with Crippen molar-refractivity contribution in [3.63, 3.8) is 0 Å². The number of thiol groups is 1. The molecule has 0 amide bonds. The number of hydrogen-bond donors (Lipinski definition) is 2. The van der Waals surface area contributed by atoms with Crippen molar-refractivity contribution in [1.82, 2.24) is 5.32 Å². The van der Waals surface area contributed by atoms with E-state index in [4.69, 9.17) is 0 Å². The van der Waals surface area contributed by atoms with E-state index in [0.717, 1.165) is 0 Å².